The van der Waals surface area contributed by atoms with Gasteiger partial charge in [-0.3, -0.25) is 9.59 Å². The molecule has 0 aliphatic carbocycles. The number of hydrogen-bond donors (Lipinski definition) is 0. The summed E-state index contributed by atoms with van der Waals surface area (Å²) in [5.41, 5.74) is -0.489. The van der Waals surface area contributed by atoms with E-state index < -0.39 is 15.4 Å². The Morgan fingerprint density at radius 1 is 1.18 bits per heavy atom. The van der Waals surface area contributed by atoms with Crippen LogP contribution in [-0.4, -0.2) is 79.4 Å². The Balaban J connectivity index is 2.33. The highest BCUT2D eigenvalue weighted by Gasteiger charge is 2.48. The molecule has 0 bridgehead atoms. The van der Waals surface area contributed by atoms with Crippen LogP contribution in [0.25, 0.3) is 0 Å². The van der Waals surface area contributed by atoms with Gasteiger partial charge in [0.15, 0.2) is 0 Å². The maximum atomic E-state index is 12.3. The molecule has 8 heteroatoms. The topological polar surface area (TPSA) is 78.0 Å². The lowest BCUT2D eigenvalue weighted by Gasteiger charge is -2.33. The zero-order chi connectivity index (χ0) is 16.5. The van der Waals surface area contributed by atoms with Crippen molar-refractivity contribution in [2.75, 3.05) is 45.0 Å². The van der Waals surface area contributed by atoms with Crippen molar-refractivity contribution >= 4 is 21.8 Å². The summed E-state index contributed by atoms with van der Waals surface area (Å²) >= 11 is 0. The largest absolute Gasteiger partial charge is 0.342 e. The summed E-state index contributed by atoms with van der Waals surface area (Å²) in [5.74, 6) is 0.00784. The van der Waals surface area contributed by atoms with E-state index in [4.69, 9.17) is 0 Å². The molecule has 2 aliphatic heterocycles. The normalized spacial score (nSPS) is 27.5. The predicted octanol–water partition coefficient (Wildman–Crippen LogP) is -0.261. The molecule has 0 N–H and O–H groups in total. The highest BCUT2D eigenvalue weighted by molar-refractivity contribution is 7.89. The Hall–Kier alpha value is -1.15. The summed E-state index contributed by atoms with van der Waals surface area (Å²) in [5, 5.41) is 0. The molecule has 2 aliphatic rings. The number of sulfonamides is 1. The highest BCUT2D eigenvalue weighted by atomic mass is 32.2. The third-order valence-corrected chi connectivity index (χ3v) is 6.48. The van der Waals surface area contributed by atoms with E-state index in [1.165, 1.54) is 11.2 Å². The van der Waals surface area contributed by atoms with Gasteiger partial charge in [-0.1, -0.05) is 0 Å². The maximum Gasteiger partial charge on any atom is 0.223 e. The fourth-order valence-corrected chi connectivity index (χ4v) is 4.59. The van der Waals surface area contributed by atoms with Gasteiger partial charge in [-0.15, -0.1) is 0 Å². The van der Waals surface area contributed by atoms with Crippen molar-refractivity contribution in [1.82, 2.24) is 14.1 Å². The Labute approximate surface area is 132 Å². The molecule has 2 rings (SSSR count). The lowest BCUT2D eigenvalue weighted by Crippen LogP contribution is -2.45. The zero-order valence-electron chi connectivity index (χ0n) is 13.5. The van der Waals surface area contributed by atoms with Gasteiger partial charge in [-0.2, -0.15) is 4.31 Å². The monoisotopic (exact) mass is 331 g/mol. The van der Waals surface area contributed by atoms with E-state index >= 15 is 0 Å². The van der Waals surface area contributed by atoms with Gasteiger partial charge in [0.05, 0.1) is 5.75 Å². The van der Waals surface area contributed by atoms with Crippen molar-refractivity contribution in [3.8, 4) is 0 Å². The molecule has 2 fully saturated rings. The predicted molar refractivity (Wildman–Crippen MR) is 82.6 cm³/mol. The van der Waals surface area contributed by atoms with Gasteiger partial charge in [-0.25, -0.2) is 8.42 Å². The average molecular weight is 331 g/mol. The quantitative estimate of drug-likeness (QED) is 0.714. The Kier molecular flexibility index (Phi) is 4.81. The molecule has 0 saturated carbocycles. The lowest BCUT2D eigenvalue weighted by molar-refractivity contribution is -0.130. The molecule has 7 nitrogen and oxygen atoms in total. The number of hydrogen-bond acceptors (Lipinski definition) is 4. The van der Waals surface area contributed by atoms with E-state index in [0.717, 1.165) is 0 Å². The minimum Gasteiger partial charge on any atom is -0.342 e. The molecule has 0 aromatic carbocycles. The van der Waals surface area contributed by atoms with E-state index in [1.54, 1.807) is 16.7 Å². The number of nitrogens with zero attached hydrogens (tertiary/aromatic N) is 3. The summed E-state index contributed by atoms with van der Waals surface area (Å²) in [4.78, 5) is 27.4. The number of likely N-dealkylation sites (tertiary alicyclic amines) is 1. The third kappa shape index (κ3) is 3.27. The summed E-state index contributed by atoms with van der Waals surface area (Å²) in [6.07, 6.45) is 0.306. The van der Waals surface area contributed by atoms with Crippen LogP contribution in [0.2, 0.25) is 0 Å². The van der Waals surface area contributed by atoms with Crippen LogP contribution in [0, 0.1) is 5.41 Å². The first-order chi connectivity index (χ1) is 10.2. The van der Waals surface area contributed by atoms with Crippen molar-refractivity contribution in [1.29, 1.82) is 0 Å². The van der Waals surface area contributed by atoms with Crippen LogP contribution >= 0.6 is 0 Å². The molecule has 1 spiro atoms. The zero-order valence-corrected chi connectivity index (χ0v) is 14.4. The van der Waals surface area contributed by atoms with E-state index in [1.807, 2.05) is 6.92 Å². The maximum absolute atomic E-state index is 12.3. The molecule has 126 valence electrons. The first-order valence-electron chi connectivity index (χ1n) is 7.74. The molecule has 2 heterocycles. The highest BCUT2D eigenvalue weighted by Crippen LogP contribution is 2.35. The fourth-order valence-electron chi connectivity index (χ4n) is 3.39. The molecule has 0 aromatic rings. The van der Waals surface area contributed by atoms with Crippen LogP contribution in [0.4, 0.5) is 0 Å². The standard InChI is InChI=1S/C14H25N3O4S/c1-4-15-9-14(8-13(15)19)10-16(12(3)18)6-7-17(11-14)22(20,21)5-2/h4-11H2,1-3H3/t14-/m0/s1. The number of rotatable bonds is 3. The molecule has 0 aromatic heterocycles. The Morgan fingerprint density at radius 3 is 2.36 bits per heavy atom. The van der Waals surface area contributed by atoms with Crippen molar-refractivity contribution in [3.63, 3.8) is 0 Å². The second kappa shape index (κ2) is 6.16. The summed E-state index contributed by atoms with van der Waals surface area (Å²) in [7, 11) is -3.33. The van der Waals surface area contributed by atoms with Gasteiger partial charge in [0, 0.05) is 58.0 Å². The lowest BCUT2D eigenvalue weighted by atomic mass is 9.86. The van der Waals surface area contributed by atoms with E-state index in [2.05, 4.69) is 0 Å². The Bertz CT molecular complexity index is 562. The number of carbonyl (C=O) groups is 2. The number of carbonyl (C=O) groups excluding carboxylic acids is 2. The summed E-state index contributed by atoms with van der Waals surface area (Å²) in [6.45, 7) is 7.60. The Morgan fingerprint density at radius 2 is 1.86 bits per heavy atom. The molecule has 22 heavy (non-hydrogen) atoms. The van der Waals surface area contributed by atoms with Crippen molar-refractivity contribution in [2.45, 2.75) is 27.2 Å². The smallest absolute Gasteiger partial charge is 0.223 e. The second-order valence-corrected chi connectivity index (χ2v) is 8.52. The third-order valence-electron chi connectivity index (χ3n) is 4.65. The molecule has 1 atom stereocenters. The average Bonchev–Trinajstić information content (AvgIpc) is 2.64. The van der Waals surface area contributed by atoms with Crippen LogP contribution < -0.4 is 0 Å². The van der Waals surface area contributed by atoms with Crippen LogP contribution in [0.15, 0.2) is 0 Å². The van der Waals surface area contributed by atoms with Crippen LogP contribution in [0.1, 0.15) is 27.2 Å². The summed E-state index contributed by atoms with van der Waals surface area (Å²) in [6, 6.07) is 0. The van der Waals surface area contributed by atoms with Crippen molar-refractivity contribution in [3.05, 3.63) is 0 Å². The molecule has 2 amide bonds. The molecule has 0 radical (unpaired) electrons. The van der Waals surface area contributed by atoms with Crippen molar-refractivity contribution < 1.29 is 18.0 Å². The minimum atomic E-state index is -3.33. The summed E-state index contributed by atoms with van der Waals surface area (Å²) < 4.78 is 26.0. The van der Waals surface area contributed by atoms with Crippen LogP contribution in [-0.2, 0) is 19.6 Å². The van der Waals surface area contributed by atoms with Crippen molar-refractivity contribution in [2.24, 2.45) is 5.41 Å². The van der Waals surface area contributed by atoms with Gasteiger partial charge in [0.25, 0.3) is 0 Å². The van der Waals surface area contributed by atoms with E-state index in [9.17, 15) is 18.0 Å². The van der Waals surface area contributed by atoms with Gasteiger partial charge < -0.3 is 9.80 Å². The van der Waals surface area contributed by atoms with Gasteiger partial charge in [0.2, 0.25) is 21.8 Å². The molecule has 2 saturated heterocycles. The molecular weight excluding hydrogens is 306 g/mol. The van der Waals surface area contributed by atoms with Crippen LogP contribution in [0.3, 0.4) is 0 Å². The van der Waals surface area contributed by atoms with Gasteiger partial charge in [0.1, 0.15) is 0 Å². The number of amides is 2. The van der Waals surface area contributed by atoms with Crippen LogP contribution in [0.5, 0.6) is 0 Å². The SMILES string of the molecule is CCN1C[C@@]2(CC1=O)CN(C(C)=O)CCN(S(=O)(=O)CC)C2. The van der Waals surface area contributed by atoms with Gasteiger partial charge >= 0.3 is 0 Å². The second-order valence-electron chi connectivity index (χ2n) is 6.26. The van der Waals surface area contributed by atoms with Gasteiger partial charge in [-0.05, 0) is 13.8 Å². The van der Waals surface area contributed by atoms with E-state index in [0.29, 0.717) is 45.7 Å². The van der Waals surface area contributed by atoms with E-state index in [-0.39, 0.29) is 17.6 Å². The first-order valence-corrected chi connectivity index (χ1v) is 9.35. The minimum absolute atomic E-state index is 0.0363. The first kappa shape index (κ1) is 17.2. The molecule has 0 unspecified atom stereocenters. The molecular formula is C14H25N3O4S. The fraction of sp³-hybridized carbons (Fsp3) is 0.857.